The molecule has 0 fully saturated rings. The van der Waals surface area contributed by atoms with E-state index in [2.05, 4.69) is 273 Å². The van der Waals surface area contributed by atoms with Gasteiger partial charge in [0, 0.05) is 78.1 Å². The van der Waals surface area contributed by atoms with Gasteiger partial charge in [0.15, 0.2) is 0 Å². The molecule has 3 unspecified atom stereocenters. The van der Waals surface area contributed by atoms with Gasteiger partial charge < -0.3 is 18.6 Å². The molecule has 0 amide bonds. The van der Waals surface area contributed by atoms with Crippen LogP contribution in [0.4, 0.5) is 11.4 Å². The van der Waals surface area contributed by atoms with Gasteiger partial charge in [0.25, 0.3) is 0 Å². The normalized spacial score (nSPS) is 20.5. The molecule has 85 heavy (non-hydrogen) atoms. The van der Waals surface area contributed by atoms with Gasteiger partial charge in [-0.15, -0.1) is 0 Å². The lowest BCUT2D eigenvalue weighted by atomic mass is 9.62. The van der Waals surface area contributed by atoms with E-state index in [4.69, 9.17) is 0 Å². The number of hydrogen-bond acceptors (Lipinski definition) is 1. The Morgan fingerprint density at radius 2 is 1.07 bits per heavy atom. The summed E-state index contributed by atoms with van der Waals surface area (Å²) in [6.07, 6.45) is 26.1. The lowest BCUT2D eigenvalue weighted by Gasteiger charge is -2.49. The van der Waals surface area contributed by atoms with Crippen LogP contribution in [0.15, 0.2) is 224 Å². The van der Waals surface area contributed by atoms with Crippen LogP contribution < -0.4 is 4.90 Å². The van der Waals surface area contributed by atoms with Crippen LogP contribution in [0.3, 0.4) is 0 Å². The first-order valence-corrected chi connectivity index (χ1v) is 31.5. The first-order chi connectivity index (χ1) is 41.4. The largest absolute Gasteiger partial charge is 0.337 e. The van der Waals surface area contributed by atoms with Crippen molar-refractivity contribution in [3.8, 4) is 33.6 Å². The Morgan fingerprint density at radius 3 is 1.65 bits per heavy atom. The second-order valence-corrected chi connectivity index (χ2v) is 27.4. The molecule has 8 aromatic carbocycles. The maximum Gasteiger partial charge on any atom is 0.0595 e. The third-order valence-corrected chi connectivity index (χ3v) is 21.9. The molecule has 4 aliphatic carbocycles. The van der Waals surface area contributed by atoms with E-state index in [1.807, 2.05) is 0 Å². The van der Waals surface area contributed by atoms with Gasteiger partial charge in [-0.3, -0.25) is 0 Å². The maximum atomic E-state index is 2.88. The molecule has 4 heteroatoms. The highest BCUT2D eigenvalue weighted by molar-refractivity contribution is 6.14. The van der Waals surface area contributed by atoms with Crippen LogP contribution in [-0.2, 0) is 30.1 Å². The van der Waals surface area contributed by atoms with Crippen LogP contribution in [0.5, 0.6) is 0 Å². The van der Waals surface area contributed by atoms with Gasteiger partial charge in [-0.1, -0.05) is 181 Å². The highest BCUT2D eigenvalue weighted by atomic mass is 15.2. The maximum absolute atomic E-state index is 2.88. The number of hydrogen-bond donors (Lipinski definition) is 0. The molecule has 7 aliphatic rings. The van der Waals surface area contributed by atoms with Crippen LogP contribution in [0.1, 0.15) is 118 Å². The summed E-state index contributed by atoms with van der Waals surface area (Å²) in [4.78, 5) is 2.65. The highest BCUT2D eigenvalue weighted by Crippen LogP contribution is 2.60. The number of benzene rings is 8. The van der Waals surface area contributed by atoms with Crippen LogP contribution in [0.25, 0.3) is 82.8 Å². The van der Waals surface area contributed by atoms with Crippen molar-refractivity contribution in [2.75, 3.05) is 4.90 Å². The second kappa shape index (κ2) is 17.6. The Kier molecular flexibility index (Phi) is 10.3. The molecular weight excluding hydrogens is 1030 g/mol. The summed E-state index contributed by atoms with van der Waals surface area (Å²) in [5.74, 6) is 0.648. The van der Waals surface area contributed by atoms with Crippen molar-refractivity contribution in [2.24, 2.45) is 17.3 Å². The van der Waals surface area contributed by atoms with Crippen molar-refractivity contribution >= 4 is 60.6 Å². The van der Waals surface area contributed by atoms with Crippen LogP contribution in [0, 0.1) is 17.3 Å². The number of anilines is 2. The van der Waals surface area contributed by atoms with Gasteiger partial charge in [-0.25, -0.2) is 0 Å². The number of allylic oxidation sites excluding steroid dienone is 9. The molecule has 0 saturated carbocycles. The molecule has 414 valence electrons. The minimum Gasteiger partial charge on any atom is -0.337 e. The summed E-state index contributed by atoms with van der Waals surface area (Å²) in [6, 6.07) is 65.1. The number of fused-ring (bicyclic) bond motifs is 15. The van der Waals surface area contributed by atoms with Crippen molar-refractivity contribution in [1.29, 1.82) is 0 Å². The molecule has 3 aromatic heterocycles. The van der Waals surface area contributed by atoms with Crippen molar-refractivity contribution < 1.29 is 0 Å². The lowest BCUT2D eigenvalue weighted by molar-refractivity contribution is 0.252. The number of para-hydroxylation sites is 2. The first kappa shape index (κ1) is 49.6. The van der Waals surface area contributed by atoms with Crippen molar-refractivity contribution in [3.05, 3.63) is 268 Å². The van der Waals surface area contributed by atoms with Gasteiger partial charge in [0.1, 0.15) is 0 Å². The zero-order chi connectivity index (χ0) is 56.8. The third-order valence-electron chi connectivity index (χ3n) is 21.9. The monoisotopic (exact) mass is 1100 g/mol. The van der Waals surface area contributed by atoms with Crippen LogP contribution in [0.2, 0.25) is 0 Å². The molecule has 0 N–H and O–H groups in total. The van der Waals surface area contributed by atoms with Gasteiger partial charge >= 0.3 is 0 Å². The molecule has 0 bridgehead atoms. The van der Waals surface area contributed by atoms with E-state index < -0.39 is 0 Å². The fourth-order valence-corrected chi connectivity index (χ4v) is 17.6. The quantitative estimate of drug-likeness (QED) is 0.162. The highest BCUT2D eigenvalue weighted by Gasteiger charge is 2.50. The first-order valence-electron chi connectivity index (χ1n) is 31.5. The topological polar surface area (TPSA) is 18.0 Å². The Labute approximate surface area is 499 Å². The van der Waals surface area contributed by atoms with E-state index >= 15 is 0 Å². The number of nitrogens with zero attached hydrogens (tertiary/aromatic N) is 4. The summed E-state index contributed by atoms with van der Waals surface area (Å²) < 4.78 is 8.04. The molecular formula is C81H70N4. The summed E-state index contributed by atoms with van der Waals surface area (Å²) in [7, 11) is 0. The Hall–Kier alpha value is -8.86. The molecule has 0 radical (unpaired) electrons. The van der Waals surface area contributed by atoms with E-state index in [1.165, 1.54) is 142 Å². The minimum absolute atomic E-state index is 0.139. The smallest absolute Gasteiger partial charge is 0.0595 e. The summed E-state index contributed by atoms with van der Waals surface area (Å²) in [5.41, 5.74) is 30.5. The minimum atomic E-state index is -0.342. The van der Waals surface area contributed by atoms with E-state index in [0.717, 1.165) is 19.3 Å². The van der Waals surface area contributed by atoms with Crippen molar-refractivity contribution in [1.82, 2.24) is 13.7 Å². The van der Waals surface area contributed by atoms with Crippen LogP contribution in [-0.4, -0.2) is 13.7 Å². The molecule has 11 aromatic rings. The standard InChI is InChI=1S/C81H70N4/c1-79(2)64-46-55(34-37-73(64)83-70-31-19-16-28-58(70)61-40-52(43-67(79)76(61)83)49-22-10-7-11-23-49)82(56-35-38-74-65(47-56)80(3,4)68-44-53(50-24-12-8-13-25-50)41-62-59-29-17-20-32-71(59)84(74)77(62)68)57-36-39-75-66(48-57)81(5,6)69-45-54(51-26-14-9-15-27-51)42-63-60-30-18-21-33-72(60)85(75)78(63)69/h7-14,16-17,19-20,22-26,28-29,31-32,34-41,43-48,54,66,75H,15,18,21,27,30,33,42H2,1-6H3. The van der Waals surface area contributed by atoms with Gasteiger partial charge in [-0.05, 0) is 185 Å². The van der Waals surface area contributed by atoms with E-state index in [-0.39, 0.29) is 28.2 Å². The van der Waals surface area contributed by atoms with Gasteiger partial charge in [-0.2, -0.15) is 0 Å². The van der Waals surface area contributed by atoms with E-state index in [9.17, 15) is 0 Å². The molecule has 6 heterocycles. The Morgan fingerprint density at radius 1 is 0.506 bits per heavy atom. The summed E-state index contributed by atoms with van der Waals surface area (Å²) >= 11 is 0. The summed E-state index contributed by atoms with van der Waals surface area (Å²) in [6.45, 7) is 15.1. The third kappa shape index (κ3) is 6.80. The SMILES string of the molecule is CC1(C)c2cc(N(C3=CC4C(C=C3)n3c5c(c6c3C(=CC(C3=CC=CCC3)C6)C4(C)C)CCCC5)c3ccc4c(c3)C(C)(C)c3cc(-c5ccccc5)cc5c6ccccc6n-4c35)ccc2-n2c3ccccc3c3cc(-c4ccccc4)cc1c32. The van der Waals surface area contributed by atoms with Crippen molar-refractivity contribution in [2.45, 2.75) is 103 Å². The average molecular weight is 1100 g/mol. The Balaban J connectivity index is 0.863. The van der Waals surface area contributed by atoms with E-state index in [0.29, 0.717) is 5.92 Å². The zero-order valence-electron chi connectivity index (χ0n) is 49.7. The molecule has 18 rings (SSSR count). The van der Waals surface area contributed by atoms with Gasteiger partial charge in [0.05, 0.1) is 39.5 Å². The van der Waals surface area contributed by atoms with Gasteiger partial charge in [0.2, 0.25) is 0 Å². The molecule has 4 nitrogen and oxygen atoms in total. The molecule has 0 saturated heterocycles. The predicted octanol–water partition coefficient (Wildman–Crippen LogP) is 20.5. The number of aromatic nitrogens is 3. The molecule has 3 atom stereocenters. The fourth-order valence-electron chi connectivity index (χ4n) is 17.6. The van der Waals surface area contributed by atoms with Crippen LogP contribution >= 0.6 is 0 Å². The second-order valence-electron chi connectivity index (χ2n) is 27.4. The summed E-state index contributed by atoms with van der Waals surface area (Å²) in [5, 5.41) is 5.21. The van der Waals surface area contributed by atoms with E-state index in [1.54, 1.807) is 33.7 Å². The average Bonchev–Trinajstić information content (AvgIpc) is 1.91. The molecule has 0 spiro atoms. The number of rotatable bonds is 6. The Bertz CT molecular complexity index is 4670. The molecule has 3 aliphatic heterocycles. The lowest BCUT2D eigenvalue weighted by Crippen LogP contribution is -2.41. The van der Waals surface area contributed by atoms with Crippen molar-refractivity contribution in [3.63, 3.8) is 0 Å². The predicted molar refractivity (Wildman–Crippen MR) is 355 cm³/mol. The fraction of sp³-hybridized carbons (Fsp3) is 0.235. The zero-order valence-corrected chi connectivity index (χ0v) is 49.7.